The molecule has 0 aliphatic carbocycles. The van der Waals surface area contributed by atoms with Gasteiger partial charge in [-0.05, 0) is 24.3 Å². The van der Waals surface area contributed by atoms with Crippen LogP contribution in [0.3, 0.4) is 0 Å². The van der Waals surface area contributed by atoms with Crippen molar-refractivity contribution in [1.29, 1.82) is 5.26 Å². The monoisotopic (exact) mass is 232 g/mol. The molecule has 0 fully saturated rings. The van der Waals surface area contributed by atoms with E-state index >= 15 is 0 Å². The van der Waals surface area contributed by atoms with Gasteiger partial charge < -0.3 is 5.32 Å². The third-order valence-electron chi connectivity index (χ3n) is 1.69. The maximum Gasteiger partial charge on any atom is 0.239 e. The van der Waals surface area contributed by atoms with Gasteiger partial charge in [0.05, 0.1) is 12.5 Å². The molecule has 1 rings (SSSR count). The molecular weight excluding hydrogens is 224 g/mol. The van der Waals surface area contributed by atoms with E-state index in [9.17, 15) is 4.79 Å². The lowest BCUT2D eigenvalue weighted by Crippen LogP contribution is -2.12. The fourth-order valence-corrected chi connectivity index (χ4v) is 1.08. The summed E-state index contributed by atoms with van der Waals surface area (Å²) in [5.74, 6) is 5.22. The van der Waals surface area contributed by atoms with Gasteiger partial charge in [0, 0.05) is 11.3 Å². The van der Waals surface area contributed by atoms with Crippen LogP contribution in [-0.4, -0.2) is 11.8 Å². The number of nitrogens with zero attached hydrogens (tertiary/aromatic N) is 1. The lowest BCUT2D eigenvalue weighted by atomic mass is 10.2. The van der Waals surface area contributed by atoms with E-state index in [0.29, 0.717) is 5.69 Å². The van der Waals surface area contributed by atoms with Gasteiger partial charge in [0.25, 0.3) is 0 Å². The second-order valence-electron chi connectivity index (χ2n) is 2.90. The van der Waals surface area contributed by atoms with Crippen LogP contribution >= 0.6 is 11.6 Å². The van der Waals surface area contributed by atoms with Crippen LogP contribution in [0.1, 0.15) is 12.0 Å². The molecule has 0 radical (unpaired) electrons. The zero-order valence-electron chi connectivity index (χ0n) is 8.46. The van der Waals surface area contributed by atoms with Crippen LogP contribution in [0.25, 0.3) is 0 Å². The predicted molar refractivity (Wildman–Crippen MR) is 62.9 cm³/mol. The van der Waals surface area contributed by atoms with Gasteiger partial charge in [0.15, 0.2) is 0 Å². The van der Waals surface area contributed by atoms with Gasteiger partial charge in [-0.1, -0.05) is 11.8 Å². The number of benzene rings is 1. The molecule has 1 amide bonds. The molecule has 0 spiro atoms. The number of alkyl halides is 1. The van der Waals surface area contributed by atoms with E-state index in [4.69, 9.17) is 16.9 Å². The quantitative estimate of drug-likeness (QED) is 0.627. The van der Waals surface area contributed by atoms with Gasteiger partial charge in [0.2, 0.25) is 5.91 Å². The summed E-state index contributed by atoms with van der Waals surface area (Å²) in [4.78, 5) is 11.0. The zero-order chi connectivity index (χ0) is 11.8. The SMILES string of the molecule is N#CCC#Cc1ccc(NC(=O)CCl)cc1. The smallest absolute Gasteiger partial charge is 0.239 e. The van der Waals surface area contributed by atoms with E-state index in [1.165, 1.54) is 0 Å². The maximum absolute atomic E-state index is 11.0. The number of amides is 1. The zero-order valence-corrected chi connectivity index (χ0v) is 9.21. The Hall–Kier alpha value is -1.97. The molecular formula is C12H9ClN2O. The number of halogens is 1. The highest BCUT2D eigenvalue weighted by atomic mass is 35.5. The van der Waals surface area contributed by atoms with Gasteiger partial charge in [-0.25, -0.2) is 0 Å². The van der Waals surface area contributed by atoms with Crippen LogP contribution in [-0.2, 0) is 4.79 Å². The average molecular weight is 233 g/mol. The summed E-state index contributed by atoms with van der Waals surface area (Å²) in [5.41, 5.74) is 1.48. The Morgan fingerprint density at radius 3 is 2.62 bits per heavy atom. The number of anilines is 1. The lowest BCUT2D eigenvalue weighted by molar-refractivity contribution is -0.113. The molecule has 0 atom stereocenters. The van der Waals surface area contributed by atoms with Crippen molar-refractivity contribution in [3.8, 4) is 17.9 Å². The first-order valence-corrected chi connectivity index (χ1v) is 5.11. The van der Waals surface area contributed by atoms with Crippen molar-refractivity contribution in [2.75, 3.05) is 11.2 Å². The number of carbonyl (C=O) groups is 1. The lowest BCUT2D eigenvalue weighted by Gasteiger charge is -2.01. The Morgan fingerprint density at radius 2 is 2.06 bits per heavy atom. The minimum atomic E-state index is -0.245. The minimum absolute atomic E-state index is 0.0657. The van der Waals surface area contributed by atoms with Gasteiger partial charge >= 0.3 is 0 Å². The highest BCUT2D eigenvalue weighted by Crippen LogP contribution is 2.08. The van der Waals surface area contributed by atoms with Gasteiger partial charge in [-0.2, -0.15) is 5.26 Å². The first-order valence-electron chi connectivity index (χ1n) is 4.58. The van der Waals surface area contributed by atoms with E-state index in [2.05, 4.69) is 17.2 Å². The van der Waals surface area contributed by atoms with E-state index in [1.807, 2.05) is 6.07 Å². The second kappa shape index (κ2) is 6.50. The van der Waals surface area contributed by atoms with E-state index < -0.39 is 0 Å². The molecule has 0 saturated carbocycles. The van der Waals surface area contributed by atoms with E-state index in [0.717, 1.165) is 5.56 Å². The minimum Gasteiger partial charge on any atom is -0.325 e. The Balaban J connectivity index is 2.66. The van der Waals surface area contributed by atoms with Crippen LogP contribution in [0, 0.1) is 23.2 Å². The Morgan fingerprint density at radius 1 is 1.38 bits per heavy atom. The fraction of sp³-hybridized carbons (Fsp3) is 0.167. The third kappa shape index (κ3) is 4.04. The Kier molecular flexibility index (Phi) is 4.92. The number of rotatable bonds is 2. The molecule has 0 aliphatic rings. The number of nitriles is 1. The molecule has 0 aromatic heterocycles. The van der Waals surface area contributed by atoms with Gasteiger partial charge in [-0.3, -0.25) is 4.79 Å². The number of nitrogens with one attached hydrogen (secondary N) is 1. The first kappa shape index (κ1) is 12.1. The van der Waals surface area contributed by atoms with Crippen LogP contribution < -0.4 is 5.32 Å². The van der Waals surface area contributed by atoms with Crippen molar-refractivity contribution < 1.29 is 4.79 Å². The summed E-state index contributed by atoms with van der Waals surface area (Å²) in [6, 6.07) is 8.96. The van der Waals surface area contributed by atoms with Gasteiger partial charge in [-0.15, -0.1) is 11.6 Å². The molecule has 0 unspecified atom stereocenters. The second-order valence-corrected chi connectivity index (χ2v) is 3.16. The molecule has 1 N–H and O–H groups in total. The summed E-state index contributed by atoms with van der Waals surface area (Å²) in [5, 5.41) is 10.9. The summed E-state index contributed by atoms with van der Waals surface area (Å²) < 4.78 is 0. The predicted octanol–water partition coefficient (Wildman–Crippen LogP) is 2.13. The topological polar surface area (TPSA) is 52.9 Å². The van der Waals surface area contributed by atoms with Crippen LogP contribution in [0.5, 0.6) is 0 Å². The molecule has 1 aromatic rings. The normalized spacial score (nSPS) is 8.50. The van der Waals surface area contributed by atoms with Crippen LogP contribution in [0.4, 0.5) is 5.69 Å². The van der Waals surface area contributed by atoms with Crippen LogP contribution in [0.15, 0.2) is 24.3 Å². The highest BCUT2D eigenvalue weighted by Gasteiger charge is 1.98. The largest absolute Gasteiger partial charge is 0.325 e. The molecule has 0 aliphatic heterocycles. The van der Waals surface area contributed by atoms with Crippen molar-refractivity contribution in [2.24, 2.45) is 0 Å². The summed E-state index contributed by atoms with van der Waals surface area (Å²) in [7, 11) is 0. The molecule has 0 heterocycles. The molecule has 3 nitrogen and oxygen atoms in total. The maximum atomic E-state index is 11.0. The summed E-state index contributed by atoms with van der Waals surface area (Å²) in [6.07, 6.45) is 0.213. The molecule has 16 heavy (non-hydrogen) atoms. The molecule has 1 aromatic carbocycles. The summed E-state index contributed by atoms with van der Waals surface area (Å²) in [6.45, 7) is 0. The van der Waals surface area contributed by atoms with Crippen molar-refractivity contribution >= 4 is 23.2 Å². The van der Waals surface area contributed by atoms with E-state index in [-0.39, 0.29) is 18.2 Å². The Labute approximate surface area is 99.0 Å². The number of carbonyl (C=O) groups excluding carboxylic acids is 1. The third-order valence-corrected chi connectivity index (χ3v) is 1.93. The van der Waals surface area contributed by atoms with Crippen molar-refractivity contribution in [2.45, 2.75) is 6.42 Å². The number of hydrogen-bond acceptors (Lipinski definition) is 2. The van der Waals surface area contributed by atoms with Gasteiger partial charge in [0.1, 0.15) is 5.88 Å². The van der Waals surface area contributed by atoms with Crippen molar-refractivity contribution in [3.63, 3.8) is 0 Å². The Bertz CT molecular complexity index is 463. The highest BCUT2D eigenvalue weighted by molar-refractivity contribution is 6.29. The van der Waals surface area contributed by atoms with Crippen molar-refractivity contribution in [1.82, 2.24) is 0 Å². The van der Waals surface area contributed by atoms with Crippen molar-refractivity contribution in [3.05, 3.63) is 29.8 Å². The molecule has 0 bridgehead atoms. The fourth-order valence-electron chi connectivity index (χ4n) is 1.02. The first-order chi connectivity index (χ1) is 7.76. The molecule has 0 saturated heterocycles. The summed E-state index contributed by atoms with van der Waals surface area (Å²) >= 11 is 5.35. The molecule has 4 heteroatoms. The molecule has 80 valence electrons. The van der Waals surface area contributed by atoms with Crippen LogP contribution in [0.2, 0.25) is 0 Å². The number of hydrogen-bond donors (Lipinski definition) is 1. The average Bonchev–Trinajstić information content (AvgIpc) is 2.31. The standard InChI is InChI=1S/C12H9ClN2O/c13-9-12(16)15-11-6-4-10(5-7-11)3-1-2-8-14/h4-7H,2,9H2,(H,15,16). The van der Waals surface area contributed by atoms with E-state index in [1.54, 1.807) is 24.3 Å².